The Morgan fingerprint density at radius 3 is 0.988 bits per heavy atom. The topological polar surface area (TPSA) is 0 Å². The molecule has 2 heterocycles. The average Bonchev–Trinajstić information content (AvgIpc) is 3.34. The number of hydrogen-bond donors (Lipinski definition) is 0. The van der Waals surface area contributed by atoms with Crippen LogP contribution in [0.5, 0.6) is 0 Å². The minimum Gasteiger partial charge on any atom is -0.144 e. The van der Waals surface area contributed by atoms with Gasteiger partial charge in [0.05, 0.1) is 0 Å². The lowest BCUT2D eigenvalue weighted by Crippen LogP contribution is -2.26. The van der Waals surface area contributed by atoms with Crippen molar-refractivity contribution in [2.75, 3.05) is 0 Å². The first-order valence-corrected chi connectivity index (χ1v) is 33.5. The van der Waals surface area contributed by atoms with Crippen LogP contribution in [0.2, 0.25) is 0 Å². The zero-order valence-corrected chi connectivity index (χ0v) is 51.2. The van der Waals surface area contributed by atoms with Crippen molar-refractivity contribution in [2.45, 2.75) is 167 Å². The summed E-state index contributed by atoms with van der Waals surface area (Å²) < 4.78 is 0. The second-order valence-electron chi connectivity index (χ2n) is 23.9. The molecule has 9 aromatic rings. The van der Waals surface area contributed by atoms with Gasteiger partial charge in [0.1, 0.15) is 0 Å². The lowest BCUT2D eigenvalue weighted by atomic mass is 9.69. The molecule has 0 bridgehead atoms. The molecular weight excluding hydrogens is 1030 g/mol. The first-order chi connectivity index (χ1) is 40.5. The second kappa shape index (κ2) is 27.2. The fourth-order valence-electron chi connectivity index (χ4n) is 14.2. The summed E-state index contributed by atoms with van der Waals surface area (Å²) in [4.78, 5) is 2.53. The van der Waals surface area contributed by atoms with Crippen LogP contribution >= 0.6 is 22.7 Å². The monoisotopic (exact) mass is 1110 g/mol. The summed E-state index contributed by atoms with van der Waals surface area (Å²) >= 11 is 3.59. The van der Waals surface area contributed by atoms with Gasteiger partial charge in [-0.3, -0.25) is 0 Å². The fourth-order valence-corrected chi connectivity index (χ4v) is 15.4. The van der Waals surface area contributed by atoms with Crippen LogP contribution in [-0.4, -0.2) is 0 Å². The van der Waals surface area contributed by atoms with Gasteiger partial charge in [-0.05, 0) is 197 Å². The summed E-state index contributed by atoms with van der Waals surface area (Å²) in [6, 6.07) is 66.4. The van der Waals surface area contributed by atoms with E-state index in [0.717, 1.165) is 0 Å². The Kier molecular flexibility index (Phi) is 19.0. The molecule has 418 valence electrons. The van der Waals surface area contributed by atoms with Crippen molar-refractivity contribution in [1.82, 2.24) is 0 Å². The number of benzene rings is 7. The molecule has 0 N–H and O–H groups in total. The number of unbranched alkanes of at least 4 members (excludes halogenated alkanes) is 12. The highest BCUT2D eigenvalue weighted by Gasteiger charge is 2.45. The summed E-state index contributed by atoms with van der Waals surface area (Å²) in [6.07, 6.45) is 34.3. The van der Waals surface area contributed by atoms with E-state index < -0.39 is 0 Å². The SMILES string of the molecule is CCCCCCC1(CCCCCC)c2cc(-c3ccccc3)ccc2-c2ccc(-c3ccc4c(c3)C(CCCCCC)(CCCCCC)c3cc(-c5cc(/C=C/c6cccs6)c(-c6ccccc6)cc5/C=C/c5cccs5)ccc3-4)cc21. The average molecular weight is 1110 g/mol. The van der Waals surface area contributed by atoms with Gasteiger partial charge >= 0.3 is 0 Å². The molecule has 0 spiro atoms. The van der Waals surface area contributed by atoms with Crippen molar-refractivity contribution >= 4 is 47.0 Å². The normalized spacial score (nSPS) is 13.7. The predicted molar refractivity (Wildman–Crippen MR) is 362 cm³/mol. The molecular formula is C80H86S2. The predicted octanol–water partition coefficient (Wildman–Crippen LogP) is 25.2. The standard InChI is InChI=1S/C80H86S2/c1-5-9-13-23-47-79(48-24-14-10-6-2)75-55-61(59-29-19-17-20-30-59)37-43-69(75)70-44-38-62(56-76(70)79)63-39-45-71-72-46-40-66(58-78(72)80(77(71)57-63,49-25-15-11-7-3)50-26-16-12-8-4)74-54-64(35-41-67-33-27-51-81-67)73(60-31-21-18-22-32-60)53-65(74)36-42-68-34-28-52-82-68/h17-22,27-46,51-58H,5-16,23-26,47-50H2,1-4H3/b41-35+,42-36+. The van der Waals surface area contributed by atoms with Gasteiger partial charge in [0.15, 0.2) is 0 Å². The zero-order valence-electron chi connectivity index (χ0n) is 49.6. The summed E-state index contributed by atoms with van der Waals surface area (Å²) in [6.45, 7) is 9.43. The fraction of sp³-hybridized carbons (Fsp3) is 0.325. The highest BCUT2D eigenvalue weighted by Crippen LogP contribution is 2.58. The van der Waals surface area contributed by atoms with Crippen LogP contribution < -0.4 is 0 Å². The highest BCUT2D eigenvalue weighted by atomic mass is 32.1. The van der Waals surface area contributed by atoms with Gasteiger partial charge in [-0.25, -0.2) is 0 Å². The van der Waals surface area contributed by atoms with E-state index in [1.807, 2.05) is 0 Å². The Bertz CT molecular complexity index is 3540. The van der Waals surface area contributed by atoms with Crippen LogP contribution in [0.3, 0.4) is 0 Å². The van der Waals surface area contributed by atoms with Crippen LogP contribution in [-0.2, 0) is 10.8 Å². The third-order valence-corrected chi connectivity index (χ3v) is 20.2. The van der Waals surface area contributed by atoms with Gasteiger partial charge in [-0.15, -0.1) is 22.7 Å². The van der Waals surface area contributed by atoms with Crippen molar-refractivity contribution in [3.05, 3.63) is 224 Å². The minimum absolute atomic E-state index is 0.0185. The summed E-state index contributed by atoms with van der Waals surface area (Å²) in [7, 11) is 0. The molecule has 0 nitrogen and oxygen atoms in total. The van der Waals surface area contributed by atoms with Crippen molar-refractivity contribution in [3.8, 4) is 66.8 Å². The maximum Gasteiger partial charge on any atom is 0.0270 e. The molecule has 0 radical (unpaired) electrons. The highest BCUT2D eigenvalue weighted by molar-refractivity contribution is 7.11. The third-order valence-electron chi connectivity index (χ3n) is 18.5. The van der Waals surface area contributed by atoms with Crippen molar-refractivity contribution < 1.29 is 0 Å². The molecule has 0 saturated carbocycles. The van der Waals surface area contributed by atoms with E-state index in [1.165, 1.54) is 222 Å². The Labute approximate surface area is 501 Å². The first-order valence-electron chi connectivity index (χ1n) is 31.8. The molecule has 2 heteroatoms. The van der Waals surface area contributed by atoms with Gasteiger partial charge in [0.2, 0.25) is 0 Å². The number of thiophene rings is 2. The summed E-state index contributed by atoms with van der Waals surface area (Å²) in [5.41, 5.74) is 24.9. The summed E-state index contributed by atoms with van der Waals surface area (Å²) in [5, 5.41) is 4.36. The Hall–Kier alpha value is -6.58. The van der Waals surface area contributed by atoms with Crippen LogP contribution in [0.15, 0.2) is 181 Å². The van der Waals surface area contributed by atoms with Crippen LogP contribution in [0, 0.1) is 0 Å². The molecule has 2 aliphatic carbocycles. The zero-order chi connectivity index (χ0) is 56.1. The van der Waals surface area contributed by atoms with Gasteiger partial charge in [-0.2, -0.15) is 0 Å². The maximum atomic E-state index is 2.70. The molecule has 82 heavy (non-hydrogen) atoms. The molecule has 0 atom stereocenters. The van der Waals surface area contributed by atoms with Gasteiger partial charge in [-0.1, -0.05) is 264 Å². The van der Waals surface area contributed by atoms with Gasteiger partial charge in [0, 0.05) is 20.6 Å². The molecule has 0 saturated heterocycles. The van der Waals surface area contributed by atoms with Crippen molar-refractivity contribution in [1.29, 1.82) is 0 Å². The molecule has 0 aliphatic heterocycles. The van der Waals surface area contributed by atoms with Gasteiger partial charge < -0.3 is 0 Å². The van der Waals surface area contributed by atoms with E-state index in [1.54, 1.807) is 39.4 Å². The maximum absolute atomic E-state index is 2.70. The van der Waals surface area contributed by atoms with E-state index in [0.29, 0.717) is 0 Å². The quantitative estimate of drug-likeness (QED) is 0.0429. The Balaban J connectivity index is 1.06. The number of rotatable bonds is 28. The molecule has 7 aromatic carbocycles. The van der Waals surface area contributed by atoms with E-state index in [4.69, 9.17) is 0 Å². The van der Waals surface area contributed by atoms with Crippen molar-refractivity contribution in [3.63, 3.8) is 0 Å². The first kappa shape index (κ1) is 57.2. The molecule has 11 rings (SSSR count). The third kappa shape index (κ3) is 12.2. The summed E-state index contributed by atoms with van der Waals surface area (Å²) in [5.74, 6) is 0. The number of hydrogen-bond acceptors (Lipinski definition) is 2. The van der Waals surface area contributed by atoms with Crippen LogP contribution in [0.4, 0.5) is 0 Å². The lowest BCUT2D eigenvalue weighted by Gasteiger charge is -2.34. The Morgan fingerprint density at radius 2 is 0.622 bits per heavy atom. The lowest BCUT2D eigenvalue weighted by molar-refractivity contribution is 0.401. The van der Waals surface area contributed by atoms with Crippen LogP contribution in [0.25, 0.3) is 91.1 Å². The molecule has 2 aliphatic rings. The van der Waals surface area contributed by atoms with Crippen molar-refractivity contribution in [2.24, 2.45) is 0 Å². The van der Waals surface area contributed by atoms with E-state index in [9.17, 15) is 0 Å². The molecule has 0 unspecified atom stereocenters. The van der Waals surface area contributed by atoms with E-state index in [-0.39, 0.29) is 10.8 Å². The number of fused-ring (bicyclic) bond motifs is 6. The molecule has 0 amide bonds. The Morgan fingerprint density at radius 1 is 0.280 bits per heavy atom. The second-order valence-corrected chi connectivity index (χ2v) is 25.9. The van der Waals surface area contributed by atoms with E-state index in [2.05, 4.69) is 233 Å². The van der Waals surface area contributed by atoms with Gasteiger partial charge in [0.25, 0.3) is 0 Å². The molecule has 2 aromatic heterocycles. The molecule has 0 fully saturated rings. The smallest absolute Gasteiger partial charge is 0.0270 e. The van der Waals surface area contributed by atoms with E-state index >= 15 is 0 Å². The minimum atomic E-state index is -0.0971. The largest absolute Gasteiger partial charge is 0.144 e. The van der Waals surface area contributed by atoms with Crippen LogP contribution in [0.1, 0.15) is 199 Å².